The molecule has 0 aliphatic carbocycles. The summed E-state index contributed by atoms with van der Waals surface area (Å²) >= 11 is 0. The topological polar surface area (TPSA) is 47.7 Å². The van der Waals surface area contributed by atoms with E-state index in [-0.39, 0.29) is 18.5 Å². The maximum Gasteiger partial charge on any atom is 0.123 e. The molecule has 0 radical (unpaired) electrons. The van der Waals surface area contributed by atoms with Crippen LogP contribution in [0.2, 0.25) is 0 Å². The van der Waals surface area contributed by atoms with Gasteiger partial charge >= 0.3 is 0 Å². The summed E-state index contributed by atoms with van der Waals surface area (Å²) in [5.41, 5.74) is 6.85. The van der Waals surface area contributed by atoms with Crippen LogP contribution in [0.4, 0.5) is 0 Å². The first-order chi connectivity index (χ1) is 8.33. The van der Waals surface area contributed by atoms with Gasteiger partial charge in [0.05, 0.1) is 19.8 Å². The van der Waals surface area contributed by atoms with E-state index in [1.165, 1.54) is 5.56 Å². The number of benzene rings is 1. The SMILES string of the molecule is COc1ccccc1CN1CCOC(CN)C1.Cl. The van der Waals surface area contributed by atoms with Crippen LogP contribution in [-0.2, 0) is 11.3 Å². The van der Waals surface area contributed by atoms with Crippen LogP contribution in [0.25, 0.3) is 0 Å². The first kappa shape index (κ1) is 15.2. The molecule has 4 nitrogen and oxygen atoms in total. The highest BCUT2D eigenvalue weighted by Crippen LogP contribution is 2.20. The predicted octanol–water partition coefficient (Wildman–Crippen LogP) is 1.28. The number of nitrogens with zero attached hydrogens (tertiary/aromatic N) is 1. The highest BCUT2D eigenvalue weighted by Gasteiger charge is 2.19. The van der Waals surface area contributed by atoms with Crippen molar-refractivity contribution in [1.29, 1.82) is 0 Å². The molecule has 0 spiro atoms. The van der Waals surface area contributed by atoms with Crippen LogP contribution < -0.4 is 10.5 Å². The Morgan fingerprint density at radius 3 is 2.94 bits per heavy atom. The van der Waals surface area contributed by atoms with Crippen LogP contribution in [-0.4, -0.2) is 44.4 Å². The minimum Gasteiger partial charge on any atom is -0.496 e. The minimum atomic E-state index is 0. The molecular formula is C13H21ClN2O2. The van der Waals surface area contributed by atoms with Gasteiger partial charge in [-0.3, -0.25) is 4.90 Å². The monoisotopic (exact) mass is 272 g/mol. The van der Waals surface area contributed by atoms with Gasteiger partial charge in [0.15, 0.2) is 0 Å². The molecule has 1 aromatic carbocycles. The lowest BCUT2D eigenvalue weighted by molar-refractivity contribution is -0.0262. The van der Waals surface area contributed by atoms with Crippen molar-refractivity contribution >= 4 is 12.4 Å². The fourth-order valence-electron chi connectivity index (χ4n) is 2.14. The zero-order chi connectivity index (χ0) is 12.1. The maximum absolute atomic E-state index is 5.64. The van der Waals surface area contributed by atoms with Crippen molar-refractivity contribution in [3.8, 4) is 5.75 Å². The number of methoxy groups -OCH3 is 1. The summed E-state index contributed by atoms with van der Waals surface area (Å²) in [7, 11) is 1.71. The van der Waals surface area contributed by atoms with Crippen molar-refractivity contribution in [3.63, 3.8) is 0 Å². The third-order valence-corrected chi connectivity index (χ3v) is 3.07. The highest BCUT2D eigenvalue weighted by molar-refractivity contribution is 5.85. The van der Waals surface area contributed by atoms with Crippen LogP contribution >= 0.6 is 12.4 Å². The smallest absolute Gasteiger partial charge is 0.123 e. The summed E-state index contributed by atoms with van der Waals surface area (Å²) in [6.45, 7) is 4.09. The van der Waals surface area contributed by atoms with Crippen molar-refractivity contribution < 1.29 is 9.47 Å². The minimum absolute atomic E-state index is 0. The molecule has 0 amide bonds. The number of halogens is 1. The number of ether oxygens (including phenoxy) is 2. The van der Waals surface area contributed by atoms with Gasteiger partial charge in [-0.1, -0.05) is 18.2 Å². The van der Waals surface area contributed by atoms with Crippen molar-refractivity contribution in [1.82, 2.24) is 4.90 Å². The van der Waals surface area contributed by atoms with Crippen LogP contribution in [0, 0.1) is 0 Å². The summed E-state index contributed by atoms with van der Waals surface area (Å²) in [5, 5.41) is 0. The van der Waals surface area contributed by atoms with E-state index in [4.69, 9.17) is 15.2 Å². The molecule has 0 bridgehead atoms. The van der Waals surface area contributed by atoms with E-state index in [2.05, 4.69) is 11.0 Å². The molecule has 5 heteroatoms. The number of hydrogen-bond donors (Lipinski definition) is 1. The molecule has 1 aliphatic heterocycles. The van der Waals surface area contributed by atoms with Gasteiger partial charge in [0.1, 0.15) is 5.75 Å². The molecule has 1 saturated heterocycles. The van der Waals surface area contributed by atoms with E-state index in [9.17, 15) is 0 Å². The van der Waals surface area contributed by atoms with Crippen molar-refractivity contribution in [2.24, 2.45) is 5.73 Å². The van der Waals surface area contributed by atoms with E-state index >= 15 is 0 Å². The molecule has 1 heterocycles. The molecule has 2 N–H and O–H groups in total. The zero-order valence-corrected chi connectivity index (χ0v) is 11.5. The maximum atomic E-state index is 5.64. The van der Waals surface area contributed by atoms with E-state index in [1.54, 1.807) is 7.11 Å². The number of hydrogen-bond acceptors (Lipinski definition) is 4. The van der Waals surface area contributed by atoms with Gasteiger partial charge in [-0.05, 0) is 6.07 Å². The fourth-order valence-corrected chi connectivity index (χ4v) is 2.14. The van der Waals surface area contributed by atoms with Gasteiger partial charge in [0.25, 0.3) is 0 Å². The molecule has 0 saturated carbocycles. The Morgan fingerprint density at radius 1 is 1.44 bits per heavy atom. The number of nitrogens with two attached hydrogens (primary N) is 1. The Bertz CT molecular complexity index is 363. The first-order valence-corrected chi connectivity index (χ1v) is 5.99. The molecule has 1 aliphatic rings. The van der Waals surface area contributed by atoms with Gasteiger partial charge in [-0.25, -0.2) is 0 Å². The lowest BCUT2D eigenvalue weighted by atomic mass is 10.1. The van der Waals surface area contributed by atoms with Crippen LogP contribution in [0.5, 0.6) is 5.75 Å². The van der Waals surface area contributed by atoms with E-state index in [0.29, 0.717) is 6.54 Å². The quantitative estimate of drug-likeness (QED) is 0.897. The lowest BCUT2D eigenvalue weighted by Crippen LogP contribution is -2.45. The molecule has 1 aromatic rings. The Labute approximate surface area is 114 Å². The third-order valence-electron chi connectivity index (χ3n) is 3.07. The van der Waals surface area contributed by atoms with Crippen molar-refractivity contribution in [2.45, 2.75) is 12.6 Å². The van der Waals surface area contributed by atoms with Gasteiger partial charge < -0.3 is 15.2 Å². The summed E-state index contributed by atoms with van der Waals surface area (Å²) in [5.74, 6) is 0.947. The van der Waals surface area contributed by atoms with Gasteiger partial charge in [-0.15, -0.1) is 12.4 Å². The average Bonchev–Trinajstić information content (AvgIpc) is 2.39. The summed E-state index contributed by atoms with van der Waals surface area (Å²) in [6.07, 6.45) is 0.165. The van der Waals surface area contributed by atoms with Gasteiger partial charge in [0, 0.05) is 31.7 Å². The Morgan fingerprint density at radius 2 is 2.22 bits per heavy atom. The van der Waals surface area contributed by atoms with Crippen molar-refractivity contribution in [2.75, 3.05) is 33.4 Å². The standard InChI is InChI=1S/C13H20N2O2.ClH/c1-16-13-5-3-2-4-11(13)9-15-6-7-17-12(8-14)10-15;/h2-5,12H,6-10,14H2,1H3;1H. The average molecular weight is 273 g/mol. The van der Waals surface area contributed by atoms with Crippen LogP contribution in [0.15, 0.2) is 24.3 Å². The fraction of sp³-hybridized carbons (Fsp3) is 0.538. The number of para-hydroxylation sites is 1. The summed E-state index contributed by atoms with van der Waals surface area (Å²) in [6, 6.07) is 8.13. The summed E-state index contributed by atoms with van der Waals surface area (Å²) < 4.78 is 10.9. The lowest BCUT2D eigenvalue weighted by Gasteiger charge is -2.32. The molecular weight excluding hydrogens is 252 g/mol. The normalized spacial score (nSPS) is 20.2. The molecule has 0 aromatic heterocycles. The Kier molecular flexibility index (Phi) is 6.43. The van der Waals surface area contributed by atoms with E-state index < -0.39 is 0 Å². The molecule has 1 unspecified atom stereocenters. The molecule has 2 rings (SSSR count). The van der Waals surface area contributed by atoms with Crippen LogP contribution in [0.3, 0.4) is 0 Å². The molecule has 18 heavy (non-hydrogen) atoms. The van der Waals surface area contributed by atoms with Gasteiger partial charge in [0.2, 0.25) is 0 Å². The second kappa shape index (κ2) is 7.59. The van der Waals surface area contributed by atoms with Crippen LogP contribution in [0.1, 0.15) is 5.56 Å². The summed E-state index contributed by atoms with van der Waals surface area (Å²) in [4.78, 5) is 2.36. The Hall–Kier alpha value is -0.810. The second-order valence-electron chi connectivity index (χ2n) is 4.28. The zero-order valence-electron chi connectivity index (χ0n) is 10.7. The van der Waals surface area contributed by atoms with Crippen molar-refractivity contribution in [3.05, 3.63) is 29.8 Å². The predicted molar refractivity (Wildman–Crippen MR) is 74.3 cm³/mol. The number of morpholine rings is 1. The molecule has 102 valence electrons. The second-order valence-corrected chi connectivity index (χ2v) is 4.28. The third kappa shape index (κ3) is 3.85. The molecule has 1 fully saturated rings. The number of rotatable bonds is 4. The van der Waals surface area contributed by atoms with E-state index in [0.717, 1.165) is 32.0 Å². The van der Waals surface area contributed by atoms with E-state index in [1.807, 2.05) is 18.2 Å². The largest absolute Gasteiger partial charge is 0.496 e. The Balaban J connectivity index is 0.00000162. The highest BCUT2D eigenvalue weighted by atomic mass is 35.5. The molecule has 1 atom stereocenters. The van der Waals surface area contributed by atoms with Gasteiger partial charge in [-0.2, -0.15) is 0 Å². The first-order valence-electron chi connectivity index (χ1n) is 5.99.